The quantitative estimate of drug-likeness (QED) is 0.828. The van der Waals surface area contributed by atoms with Crippen LogP contribution in [0.25, 0.3) is 0 Å². The minimum Gasteiger partial charge on any atom is -0.481 e. The number of amides is 1. The van der Waals surface area contributed by atoms with E-state index in [2.05, 4.69) is 36.1 Å². The molecule has 1 aliphatic carbocycles. The molecule has 3 rings (SSSR count). The molecule has 1 aliphatic heterocycles. The maximum Gasteiger partial charge on any atom is 0.307 e. The summed E-state index contributed by atoms with van der Waals surface area (Å²) in [5.74, 6) is -1.84. The van der Waals surface area contributed by atoms with Gasteiger partial charge < -0.3 is 10.0 Å². The fraction of sp³-hybridized carbons (Fsp3) is 0.545. The van der Waals surface area contributed by atoms with Crippen molar-refractivity contribution in [2.45, 2.75) is 40.2 Å². The van der Waals surface area contributed by atoms with Gasteiger partial charge in [-0.3, -0.25) is 14.5 Å². The van der Waals surface area contributed by atoms with Crippen molar-refractivity contribution in [3.63, 3.8) is 0 Å². The minimum absolute atomic E-state index is 0.0178. The Bertz CT molecular complexity index is 730. The van der Waals surface area contributed by atoms with E-state index in [4.69, 9.17) is 0 Å². The van der Waals surface area contributed by atoms with Crippen LogP contribution in [-0.4, -0.2) is 53.0 Å². The van der Waals surface area contributed by atoms with Crippen LogP contribution in [-0.2, 0) is 16.1 Å². The van der Waals surface area contributed by atoms with Crippen molar-refractivity contribution in [1.82, 2.24) is 9.80 Å². The number of allylic oxidation sites excluding steroid dienone is 2. The van der Waals surface area contributed by atoms with Crippen LogP contribution in [0.1, 0.15) is 37.8 Å². The van der Waals surface area contributed by atoms with Gasteiger partial charge in [0, 0.05) is 32.7 Å². The largest absolute Gasteiger partial charge is 0.481 e. The third-order valence-corrected chi connectivity index (χ3v) is 6.11. The molecule has 5 nitrogen and oxygen atoms in total. The van der Waals surface area contributed by atoms with Crippen LogP contribution in [0, 0.1) is 18.8 Å². The zero-order valence-electron chi connectivity index (χ0n) is 16.6. The molecule has 2 aliphatic rings. The fourth-order valence-electron chi connectivity index (χ4n) is 4.12. The molecule has 27 heavy (non-hydrogen) atoms. The van der Waals surface area contributed by atoms with Crippen molar-refractivity contribution < 1.29 is 14.7 Å². The molecular formula is C22H30N2O3. The number of nitrogens with zero attached hydrogens (tertiary/aromatic N) is 2. The summed E-state index contributed by atoms with van der Waals surface area (Å²) in [6, 6.07) is 8.57. The molecule has 1 amide bonds. The third-order valence-electron chi connectivity index (χ3n) is 6.11. The Kier molecular flexibility index (Phi) is 6.00. The van der Waals surface area contributed by atoms with E-state index >= 15 is 0 Å². The second-order valence-corrected chi connectivity index (χ2v) is 8.11. The van der Waals surface area contributed by atoms with Crippen LogP contribution < -0.4 is 0 Å². The van der Waals surface area contributed by atoms with Gasteiger partial charge in [0.05, 0.1) is 11.8 Å². The maximum absolute atomic E-state index is 13.0. The van der Waals surface area contributed by atoms with E-state index in [0.29, 0.717) is 25.9 Å². The van der Waals surface area contributed by atoms with Gasteiger partial charge in [-0.25, -0.2) is 0 Å². The first-order valence-electron chi connectivity index (χ1n) is 9.80. The van der Waals surface area contributed by atoms with Gasteiger partial charge in [-0.1, -0.05) is 41.0 Å². The first-order chi connectivity index (χ1) is 12.8. The number of hydrogen-bond donors (Lipinski definition) is 1. The molecule has 1 N–H and O–H groups in total. The van der Waals surface area contributed by atoms with Crippen molar-refractivity contribution in [2.24, 2.45) is 11.8 Å². The minimum atomic E-state index is -0.849. The standard InChI is InChI=1S/C22H30N2O3/c1-15-4-6-18(7-5-15)14-23-8-10-24(11-9-23)21(25)19-12-16(2)17(3)13-20(19)22(26)27/h4-7,19-20H,8-14H2,1-3H3,(H,26,27)/t19-,20-/m1/s1. The average Bonchev–Trinajstić information content (AvgIpc) is 2.65. The van der Waals surface area contributed by atoms with Gasteiger partial charge in [-0.05, 0) is 39.2 Å². The van der Waals surface area contributed by atoms with Crippen molar-refractivity contribution >= 4 is 11.9 Å². The number of carboxylic acids is 1. The summed E-state index contributed by atoms with van der Waals surface area (Å²) >= 11 is 0. The van der Waals surface area contributed by atoms with Gasteiger partial charge in [-0.2, -0.15) is 0 Å². The van der Waals surface area contributed by atoms with E-state index < -0.39 is 17.8 Å². The van der Waals surface area contributed by atoms with E-state index in [1.165, 1.54) is 16.7 Å². The molecule has 0 radical (unpaired) electrons. The second-order valence-electron chi connectivity index (χ2n) is 8.11. The monoisotopic (exact) mass is 370 g/mol. The summed E-state index contributed by atoms with van der Waals surface area (Å²) in [5.41, 5.74) is 4.84. The molecule has 0 bridgehead atoms. The summed E-state index contributed by atoms with van der Waals surface area (Å²) in [6.45, 7) is 10.00. The number of benzene rings is 1. The molecule has 1 aromatic carbocycles. The molecule has 0 spiro atoms. The van der Waals surface area contributed by atoms with E-state index in [1.807, 2.05) is 18.7 Å². The van der Waals surface area contributed by atoms with Gasteiger partial charge in [0.1, 0.15) is 0 Å². The summed E-state index contributed by atoms with van der Waals surface area (Å²) in [6.07, 6.45) is 1.07. The highest BCUT2D eigenvalue weighted by Gasteiger charge is 2.39. The first-order valence-corrected chi connectivity index (χ1v) is 9.80. The van der Waals surface area contributed by atoms with E-state index in [9.17, 15) is 14.7 Å². The Morgan fingerprint density at radius 1 is 0.926 bits per heavy atom. The number of rotatable bonds is 4. The van der Waals surface area contributed by atoms with Gasteiger partial charge in [0.2, 0.25) is 5.91 Å². The van der Waals surface area contributed by atoms with Gasteiger partial charge in [0.25, 0.3) is 0 Å². The Morgan fingerprint density at radius 2 is 1.48 bits per heavy atom. The summed E-state index contributed by atoms with van der Waals surface area (Å²) in [4.78, 5) is 29.0. The van der Waals surface area contributed by atoms with Crippen LogP contribution in [0.15, 0.2) is 35.4 Å². The highest BCUT2D eigenvalue weighted by Crippen LogP contribution is 2.35. The van der Waals surface area contributed by atoms with Crippen LogP contribution >= 0.6 is 0 Å². The number of carbonyl (C=O) groups excluding carboxylic acids is 1. The lowest BCUT2D eigenvalue weighted by Crippen LogP contribution is -2.51. The summed E-state index contributed by atoms with van der Waals surface area (Å²) < 4.78 is 0. The highest BCUT2D eigenvalue weighted by molar-refractivity contribution is 5.85. The van der Waals surface area contributed by atoms with Gasteiger partial charge in [-0.15, -0.1) is 0 Å². The van der Waals surface area contributed by atoms with Crippen LogP contribution in [0.2, 0.25) is 0 Å². The molecule has 146 valence electrons. The Labute approximate surface area is 161 Å². The van der Waals surface area contributed by atoms with Crippen molar-refractivity contribution in [3.05, 3.63) is 46.5 Å². The molecule has 1 fully saturated rings. The Hall–Kier alpha value is -2.14. The highest BCUT2D eigenvalue weighted by atomic mass is 16.4. The Balaban J connectivity index is 1.59. The predicted molar refractivity (Wildman–Crippen MR) is 105 cm³/mol. The first kappa shape index (κ1) is 19.6. The van der Waals surface area contributed by atoms with E-state index in [-0.39, 0.29) is 5.91 Å². The number of piperazine rings is 1. The number of carbonyl (C=O) groups is 2. The smallest absolute Gasteiger partial charge is 0.307 e. The van der Waals surface area contributed by atoms with E-state index in [0.717, 1.165) is 25.2 Å². The second kappa shape index (κ2) is 8.26. The topological polar surface area (TPSA) is 60.9 Å². The van der Waals surface area contributed by atoms with Crippen LogP contribution in [0.5, 0.6) is 0 Å². The lowest BCUT2D eigenvalue weighted by molar-refractivity contribution is -0.151. The lowest BCUT2D eigenvalue weighted by atomic mass is 9.76. The average molecular weight is 370 g/mol. The maximum atomic E-state index is 13.0. The fourth-order valence-corrected chi connectivity index (χ4v) is 4.12. The number of aliphatic carboxylic acids is 1. The summed E-state index contributed by atoms with van der Waals surface area (Å²) in [7, 11) is 0. The van der Waals surface area contributed by atoms with Crippen LogP contribution in [0.3, 0.4) is 0 Å². The number of carboxylic acid groups (broad SMARTS) is 1. The predicted octanol–water partition coefficient (Wildman–Crippen LogP) is 3.09. The molecule has 0 unspecified atom stereocenters. The normalized spacial score (nSPS) is 24.2. The SMILES string of the molecule is CC1=C(C)C[C@@H](C(=O)N2CCN(Cc3ccc(C)cc3)CC2)[C@H](C(=O)O)C1. The van der Waals surface area contributed by atoms with Gasteiger partial charge in [0.15, 0.2) is 0 Å². The third kappa shape index (κ3) is 4.59. The molecule has 2 atom stereocenters. The van der Waals surface area contributed by atoms with Crippen molar-refractivity contribution in [3.8, 4) is 0 Å². The zero-order chi connectivity index (χ0) is 19.6. The van der Waals surface area contributed by atoms with Crippen molar-refractivity contribution in [1.29, 1.82) is 0 Å². The molecule has 0 aromatic heterocycles. The van der Waals surface area contributed by atoms with Crippen LogP contribution in [0.4, 0.5) is 0 Å². The van der Waals surface area contributed by atoms with Crippen molar-refractivity contribution in [2.75, 3.05) is 26.2 Å². The lowest BCUT2D eigenvalue weighted by Gasteiger charge is -2.38. The molecule has 1 aromatic rings. The Morgan fingerprint density at radius 3 is 2.04 bits per heavy atom. The molecular weight excluding hydrogens is 340 g/mol. The van der Waals surface area contributed by atoms with Gasteiger partial charge >= 0.3 is 5.97 Å². The van der Waals surface area contributed by atoms with E-state index in [1.54, 1.807) is 0 Å². The molecule has 1 saturated heterocycles. The molecule has 5 heteroatoms. The summed E-state index contributed by atoms with van der Waals surface area (Å²) in [5, 5.41) is 9.58. The molecule has 0 saturated carbocycles. The zero-order valence-corrected chi connectivity index (χ0v) is 16.6. The number of aryl methyl sites for hydroxylation is 1. The number of hydrogen-bond acceptors (Lipinski definition) is 3. The molecule has 1 heterocycles.